The zero-order chi connectivity index (χ0) is 20.0. The van der Waals surface area contributed by atoms with Crippen molar-refractivity contribution in [2.75, 3.05) is 6.54 Å². The quantitative estimate of drug-likeness (QED) is 0.810. The average Bonchev–Trinajstić information content (AvgIpc) is 3.05. The third kappa shape index (κ3) is 3.16. The van der Waals surface area contributed by atoms with Crippen LogP contribution in [0.4, 0.5) is 4.79 Å². The van der Waals surface area contributed by atoms with Gasteiger partial charge in [0.05, 0.1) is 12.1 Å². The number of β-lactam (4-membered cyclic amide) rings is 1. The van der Waals surface area contributed by atoms with E-state index in [0.717, 1.165) is 6.42 Å². The molecule has 2 amide bonds. The number of nitrogens with zero attached hydrogens (tertiary/aromatic N) is 4. The number of hydrogen-bond acceptors (Lipinski definition) is 6. The first-order chi connectivity index (χ1) is 12.6. The van der Waals surface area contributed by atoms with Gasteiger partial charge in [0.15, 0.2) is 5.82 Å². The molecule has 3 heterocycles. The lowest BCUT2D eigenvalue weighted by Gasteiger charge is -2.58. The number of aliphatic hydroxyl groups is 1. The van der Waals surface area contributed by atoms with Gasteiger partial charge in [-0.15, -0.1) is 0 Å². The number of amides is 2. The third-order valence-electron chi connectivity index (χ3n) is 5.36. The van der Waals surface area contributed by atoms with Gasteiger partial charge in [-0.1, -0.05) is 0 Å². The molecule has 0 bridgehead atoms. The molecule has 148 valence electrons. The van der Waals surface area contributed by atoms with E-state index in [1.165, 1.54) is 0 Å². The Morgan fingerprint density at radius 2 is 2.00 bits per heavy atom. The molecule has 8 nitrogen and oxygen atoms in total. The van der Waals surface area contributed by atoms with E-state index in [9.17, 15) is 14.7 Å². The molecule has 2 saturated heterocycles. The molecule has 1 N–H and O–H groups in total. The Labute approximate surface area is 159 Å². The molecule has 2 aliphatic rings. The molecule has 1 spiro atoms. The first kappa shape index (κ1) is 19.5. The second kappa shape index (κ2) is 6.74. The minimum absolute atomic E-state index is 0.184. The van der Waals surface area contributed by atoms with Gasteiger partial charge in [0.2, 0.25) is 0 Å². The van der Waals surface area contributed by atoms with E-state index in [1.54, 1.807) is 35.2 Å². The second-order valence-electron chi connectivity index (χ2n) is 8.34. The van der Waals surface area contributed by atoms with Crippen LogP contribution in [0.2, 0.25) is 0 Å². The lowest BCUT2D eigenvalue weighted by Crippen LogP contribution is -2.79. The van der Waals surface area contributed by atoms with E-state index in [4.69, 9.17) is 4.74 Å². The van der Waals surface area contributed by atoms with Crippen LogP contribution in [0.25, 0.3) is 0 Å². The highest BCUT2D eigenvalue weighted by Gasteiger charge is 2.67. The van der Waals surface area contributed by atoms with Crippen molar-refractivity contribution in [2.45, 2.75) is 76.8 Å². The highest BCUT2D eigenvalue weighted by atomic mass is 16.6. The van der Waals surface area contributed by atoms with E-state index < -0.39 is 29.4 Å². The first-order valence-electron chi connectivity index (χ1n) is 9.38. The minimum Gasteiger partial charge on any atom is -0.444 e. The zero-order valence-corrected chi connectivity index (χ0v) is 16.5. The zero-order valence-electron chi connectivity index (χ0n) is 16.5. The van der Waals surface area contributed by atoms with E-state index in [1.807, 2.05) is 27.7 Å². The van der Waals surface area contributed by atoms with Crippen molar-refractivity contribution in [2.24, 2.45) is 0 Å². The molecule has 0 saturated carbocycles. The average molecular weight is 376 g/mol. The maximum Gasteiger partial charge on any atom is 0.411 e. The number of rotatable bonds is 3. The van der Waals surface area contributed by atoms with Crippen molar-refractivity contribution < 1.29 is 19.4 Å². The maximum absolute atomic E-state index is 13.3. The summed E-state index contributed by atoms with van der Waals surface area (Å²) in [5, 5.41) is 10.3. The summed E-state index contributed by atoms with van der Waals surface area (Å²) in [7, 11) is 0. The Bertz CT molecular complexity index is 718. The summed E-state index contributed by atoms with van der Waals surface area (Å²) in [5.41, 5.74) is -1.54. The summed E-state index contributed by atoms with van der Waals surface area (Å²) in [4.78, 5) is 37.6. The molecule has 0 aliphatic carbocycles. The summed E-state index contributed by atoms with van der Waals surface area (Å²) in [5.74, 6) is 0.209. The normalized spacial score (nSPS) is 27.5. The Kier molecular flexibility index (Phi) is 4.88. The fourth-order valence-electron chi connectivity index (χ4n) is 4.21. The lowest BCUT2D eigenvalue weighted by molar-refractivity contribution is -0.181. The predicted octanol–water partition coefficient (Wildman–Crippen LogP) is 1.90. The standard InChI is InChI=1S/C19H28N4O4/c1-12(24)14(15-20-9-7-10-21-15)23-13(2)19(16(23)25)8-6-11-22(19)17(26)27-18(3,4)5/h7,9-10,12-14,24H,6,8,11H2,1-5H3/t12-,13?,14?,19?/m1/s1. The second-order valence-corrected chi connectivity index (χ2v) is 8.34. The van der Waals surface area contributed by atoms with E-state index in [-0.39, 0.29) is 11.9 Å². The molecule has 3 unspecified atom stereocenters. The fourth-order valence-corrected chi connectivity index (χ4v) is 4.21. The predicted molar refractivity (Wildman–Crippen MR) is 97.7 cm³/mol. The van der Waals surface area contributed by atoms with Gasteiger partial charge in [0.1, 0.15) is 17.2 Å². The van der Waals surface area contributed by atoms with Crippen LogP contribution in [0.15, 0.2) is 18.5 Å². The minimum atomic E-state index is -0.912. The lowest BCUT2D eigenvalue weighted by atomic mass is 9.75. The van der Waals surface area contributed by atoms with Crippen molar-refractivity contribution in [3.05, 3.63) is 24.3 Å². The van der Waals surface area contributed by atoms with Crippen LogP contribution in [0, 0.1) is 0 Å². The van der Waals surface area contributed by atoms with Crippen molar-refractivity contribution in [3.63, 3.8) is 0 Å². The van der Waals surface area contributed by atoms with Crippen LogP contribution < -0.4 is 0 Å². The van der Waals surface area contributed by atoms with Crippen LogP contribution in [0.3, 0.4) is 0 Å². The number of aromatic nitrogens is 2. The van der Waals surface area contributed by atoms with Crippen LogP contribution in [0.1, 0.15) is 59.3 Å². The largest absolute Gasteiger partial charge is 0.444 e. The fraction of sp³-hybridized carbons (Fsp3) is 0.684. The molecule has 2 aliphatic heterocycles. The topological polar surface area (TPSA) is 95.9 Å². The van der Waals surface area contributed by atoms with E-state index in [0.29, 0.717) is 18.8 Å². The van der Waals surface area contributed by atoms with Crippen molar-refractivity contribution in [1.29, 1.82) is 0 Å². The van der Waals surface area contributed by atoms with Gasteiger partial charge in [0.25, 0.3) is 5.91 Å². The summed E-state index contributed by atoms with van der Waals surface area (Å²) < 4.78 is 5.52. The van der Waals surface area contributed by atoms with Crippen molar-refractivity contribution >= 4 is 12.0 Å². The van der Waals surface area contributed by atoms with Crippen molar-refractivity contribution in [3.8, 4) is 0 Å². The Morgan fingerprint density at radius 1 is 1.37 bits per heavy atom. The number of ether oxygens (including phenoxy) is 1. The van der Waals surface area contributed by atoms with Gasteiger partial charge >= 0.3 is 6.09 Å². The van der Waals surface area contributed by atoms with Gasteiger partial charge < -0.3 is 14.7 Å². The summed E-state index contributed by atoms with van der Waals surface area (Å²) in [6.45, 7) is 9.43. The number of carbonyl (C=O) groups is 2. The first-order valence-corrected chi connectivity index (χ1v) is 9.38. The molecule has 0 radical (unpaired) electrons. The van der Waals surface area contributed by atoms with Gasteiger partial charge in [-0.2, -0.15) is 0 Å². The molecule has 1 aromatic heterocycles. The molecule has 8 heteroatoms. The summed E-state index contributed by atoms with van der Waals surface area (Å²) >= 11 is 0. The van der Waals surface area contributed by atoms with Gasteiger partial charge in [-0.05, 0) is 53.5 Å². The number of aliphatic hydroxyl groups excluding tert-OH is 1. The Morgan fingerprint density at radius 3 is 2.52 bits per heavy atom. The smallest absolute Gasteiger partial charge is 0.411 e. The van der Waals surface area contributed by atoms with Crippen LogP contribution >= 0.6 is 0 Å². The van der Waals surface area contributed by atoms with Gasteiger partial charge in [-0.25, -0.2) is 14.8 Å². The van der Waals surface area contributed by atoms with Gasteiger partial charge in [0, 0.05) is 18.9 Å². The molecule has 4 atom stereocenters. The number of carbonyl (C=O) groups excluding carboxylic acids is 2. The molecular weight excluding hydrogens is 348 g/mol. The molecule has 1 aromatic rings. The van der Waals surface area contributed by atoms with Crippen molar-refractivity contribution in [1.82, 2.24) is 19.8 Å². The maximum atomic E-state index is 13.3. The SMILES string of the molecule is CC1N(C(c2ncccn2)[C@@H](C)O)C(=O)C12CCCN2C(=O)OC(C)(C)C. The molecule has 3 rings (SSSR count). The van der Waals surface area contributed by atoms with Gasteiger partial charge in [-0.3, -0.25) is 9.69 Å². The van der Waals surface area contributed by atoms with Crippen LogP contribution in [-0.2, 0) is 9.53 Å². The molecular formula is C19H28N4O4. The molecule has 2 fully saturated rings. The number of hydrogen-bond donors (Lipinski definition) is 1. The van der Waals surface area contributed by atoms with E-state index in [2.05, 4.69) is 9.97 Å². The van der Waals surface area contributed by atoms with Crippen LogP contribution in [0.5, 0.6) is 0 Å². The molecule has 0 aromatic carbocycles. The highest BCUT2D eigenvalue weighted by Crippen LogP contribution is 2.48. The highest BCUT2D eigenvalue weighted by molar-refractivity contribution is 5.97. The Hall–Kier alpha value is -2.22. The Balaban J connectivity index is 1.88. The molecule has 27 heavy (non-hydrogen) atoms. The van der Waals surface area contributed by atoms with E-state index >= 15 is 0 Å². The third-order valence-corrected chi connectivity index (χ3v) is 5.36. The summed E-state index contributed by atoms with van der Waals surface area (Å²) in [6, 6.07) is 0.760. The summed E-state index contributed by atoms with van der Waals surface area (Å²) in [6.07, 6.45) is 3.20. The van der Waals surface area contributed by atoms with Crippen LogP contribution in [-0.4, -0.2) is 66.7 Å². The number of likely N-dealkylation sites (tertiary alicyclic amines) is 2. The monoisotopic (exact) mass is 376 g/mol.